The molecule has 0 fully saturated rings. The van der Waals surface area contributed by atoms with Crippen molar-refractivity contribution in [2.24, 2.45) is 5.10 Å². The molecule has 0 saturated carbocycles. The Morgan fingerprint density at radius 1 is 1.22 bits per heavy atom. The number of nitrogens with zero attached hydrogens (tertiary/aromatic N) is 3. The van der Waals surface area contributed by atoms with E-state index in [4.69, 9.17) is 14.2 Å². The molecule has 3 rings (SSSR count). The van der Waals surface area contributed by atoms with Crippen molar-refractivity contribution in [3.8, 4) is 11.5 Å². The summed E-state index contributed by atoms with van der Waals surface area (Å²) in [5, 5.41) is 4.85. The Morgan fingerprint density at radius 2 is 2.00 bits per heavy atom. The minimum absolute atomic E-state index is 0.250. The van der Waals surface area contributed by atoms with Crippen LogP contribution in [-0.4, -0.2) is 41.7 Å². The monoisotopic (exact) mass is 501 g/mol. The van der Waals surface area contributed by atoms with Gasteiger partial charge in [-0.1, -0.05) is 22.9 Å². The quantitative estimate of drug-likeness (QED) is 0.342. The Morgan fingerprint density at radius 3 is 2.69 bits per heavy atom. The number of aryl methyl sites for hydroxylation is 1. The van der Waals surface area contributed by atoms with Gasteiger partial charge in [-0.15, -0.1) is 0 Å². The van der Waals surface area contributed by atoms with E-state index in [1.54, 1.807) is 50.4 Å². The van der Waals surface area contributed by atoms with E-state index in [1.807, 2.05) is 13.0 Å². The van der Waals surface area contributed by atoms with Crippen molar-refractivity contribution in [1.82, 2.24) is 9.66 Å². The smallest absolute Gasteiger partial charge is 0.347 e. The van der Waals surface area contributed by atoms with E-state index in [0.29, 0.717) is 40.2 Å². The van der Waals surface area contributed by atoms with Gasteiger partial charge in [0.1, 0.15) is 5.82 Å². The average Bonchev–Trinajstić information content (AvgIpc) is 2.79. The zero-order valence-corrected chi connectivity index (χ0v) is 19.9. The lowest BCUT2D eigenvalue weighted by Gasteiger charge is -2.16. The van der Waals surface area contributed by atoms with Crippen LogP contribution in [0, 0.1) is 0 Å². The molecule has 0 spiro atoms. The molecule has 0 bridgehead atoms. The molecule has 2 aromatic carbocycles. The van der Waals surface area contributed by atoms with Crippen LogP contribution in [-0.2, 0) is 16.0 Å². The van der Waals surface area contributed by atoms with Crippen molar-refractivity contribution < 1.29 is 19.0 Å². The second-order valence-corrected chi connectivity index (χ2v) is 7.74. The van der Waals surface area contributed by atoms with Crippen LogP contribution in [0.4, 0.5) is 0 Å². The first kappa shape index (κ1) is 23.5. The first-order chi connectivity index (χ1) is 15.4. The van der Waals surface area contributed by atoms with Gasteiger partial charge in [-0.3, -0.25) is 4.79 Å². The van der Waals surface area contributed by atoms with Crippen LogP contribution in [0.25, 0.3) is 10.9 Å². The predicted octanol–water partition coefficient (Wildman–Crippen LogP) is 3.94. The Kier molecular flexibility index (Phi) is 7.63. The number of rotatable bonds is 8. The van der Waals surface area contributed by atoms with Crippen LogP contribution in [0.2, 0.25) is 0 Å². The average molecular weight is 502 g/mol. The second-order valence-electron chi connectivity index (χ2n) is 6.83. The molecule has 9 heteroatoms. The Balaban J connectivity index is 1.93. The maximum absolute atomic E-state index is 13.0. The number of ether oxygens (including phenoxy) is 3. The fourth-order valence-corrected chi connectivity index (χ4v) is 3.39. The lowest BCUT2D eigenvalue weighted by Crippen LogP contribution is -2.26. The van der Waals surface area contributed by atoms with Crippen molar-refractivity contribution in [3.05, 3.63) is 62.6 Å². The lowest BCUT2D eigenvalue weighted by molar-refractivity contribution is -0.150. The molecule has 0 aliphatic rings. The van der Waals surface area contributed by atoms with Crippen LogP contribution < -0.4 is 15.0 Å². The van der Waals surface area contributed by atoms with Crippen LogP contribution in [0.15, 0.2) is 50.8 Å². The molecule has 0 aliphatic heterocycles. The summed E-state index contributed by atoms with van der Waals surface area (Å²) >= 11 is 3.39. The van der Waals surface area contributed by atoms with E-state index in [-0.39, 0.29) is 12.2 Å². The number of esters is 1. The van der Waals surface area contributed by atoms with E-state index in [0.717, 1.165) is 4.47 Å². The molecule has 1 aromatic heterocycles. The molecular weight excluding hydrogens is 478 g/mol. The molecule has 0 radical (unpaired) electrons. The number of hydrogen-bond acceptors (Lipinski definition) is 7. The molecular formula is C23H24BrN3O5. The summed E-state index contributed by atoms with van der Waals surface area (Å²) in [7, 11) is 1.50. The molecule has 0 unspecified atom stereocenters. The van der Waals surface area contributed by atoms with Gasteiger partial charge >= 0.3 is 5.97 Å². The maximum atomic E-state index is 13.0. The Labute approximate surface area is 194 Å². The van der Waals surface area contributed by atoms with Gasteiger partial charge in [0.25, 0.3) is 5.56 Å². The number of carbonyl (C=O) groups is 1. The van der Waals surface area contributed by atoms with E-state index >= 15 is 0 Å². The fraction of sp³-hybridized carbons (Fsp3) is 0.304. The molecule has 8 nitrogen and oxygen atoms in total. The summed E-state index contributed by atoms with van der Waals surface area (Å²) in [5.41, 5.74) is 1.06. The highest BCUT2D eigenvalue weighted by molar-refractivity contribution is 9.10. The molecule has 1 atom stereocenters. The summed E-state index contributed by atoms with van der Waals surface area (Å²) in [5.74, 6) is 0.918. The summed E-state index contributed by atoms with van der Waals surface area (Å²) in [6.45, 7) is 5.53. The predicted molar refractivity (Wildman–Crippen MR) is 126 cm³/mol. The topological polar surface area (TPSA) is 92.0 Å². The minimum atomic E-state index is -0.781. The second kappa shape index (κ2) is 10.4. The molecule has 1 heterocycles. The zero-order valence-electron chi connectivity index (χ0n) is 18.3. The Bertz CT molecular complexity index is 1220. The van der Waals surface area contributed by atoms with Gasteiger partial charge in [0, 0.05) is 10.9 Å². The largest absolute Gasteiger partial charge is 0.493 e. The van der Waals surface area contributed by atoms with E-state index in [1.165, 1.54) is 11.8 Å². The van der Waals surface area contributed by atoms with Crippen LogP contribution in [0.3, 0.4) is 0 Å². The highest BCUT2D eigenvalue weighted by atomic mass is 79.9. The lowest BCUT2D eigenvalue weighted by atomic mass is 10.2. The van der Waals surface area contributed by atoms with Crippen molar-refractivity contribution in [1.29, 1.82) is 0 Å². The van der Waals surface area contributed by atoms with E-state index in [2.05, 4.69) is 26.0 Å². The SMILES string of the molecule is CCOC(=O)[C@@H](C)Oc1ccc(C=Nn2c(CC)nc3ccc(Br)cc3c2=O)cc1OC. The van der Waals surface area contributed by atoms with Gasteiger partial charge in [-0.25, -0.2) is 9.78 Å². The molecule has 0 N–H and O–H groups in total. The van der Waals surface area contributed by atoms with Gasteiger partial charge in [0.15, 0.2) is 17.6 Å². The summed E-state index contributed by atoms with van der Waals surface area (Å²) in [6, 6.07) is 10.5. The van der Waals surface area contributed by atoms with Gasteiger partial charge in [0.05, 0.1) is 30.8 Å². The number of carbonyl (C=O) groups excluding carboxylic acids is 1. The van der Waals surface area contributed by atoms with Gasteiger partial charge in [-0.2, -0.15) is 9.78 Å². The number of aromatic nitrogens is 2. The van der Waals surface area contributed by atoms with Crippen molar-refractivity contribution >= 4 is 39.0 Å². The number of fused-ring (bicyclic) bond motifs is 1. The minimum Gasteiger partial charge on any atom is -0.493 e. The van der Waals surface area contributed by atoms with Crippen molar-refractivity contribution in [2.45, 2.75) is 33.3 Å². The maximum Gasteiger partial charge on any atom is 0.347 e. The standard InChI is InChI=1S/C23H24BrN3O5/c1-5-21-26-18-9-8-16(24)12-17(18)22(28)27(21)25-13-15-7-10-19(20(11-15)30-4)32-14(3)23(29)31-6-2/h7-14H,5-6H2,1-4H3/t14-/m1/s1. The highest BCUT2D eigenvalue weighted by Gasteiger charge is 2.18. The fourth-order valence-electron chi connectivity index (χ4n) is 3.03. The third kappa shape index (κ3) is 5.16. The molecule has 3 aromatic rings. The van der Waals surface area contributed by atoms with Gasteiger partial charge < -0.3 is 14.2 Å². The number of hydrogen-bond donors (Lipinski definition) is 0. The first-order valence-electron chi connectivity index (χ1n) is 10.1. The van der Waals surface area contributed by atoms with Crippen LogP contribution in [0.5, 0.6) is 11.5 Å². The third-order valence-corrected chi connectivity index (χ3v) is 5.12. The van der Waals surface area contributed by atoms with Crippen LogP contribution in [0.1, 0.15) is 32.2 Å². The van der Waals surface area contributed by atoms with Crippen molar-refractivity contribution in [2.75, 3.05) is 13.7 Å². The van der Waals surface area contributed by atoms with E-state index < -0.39 is 12.1 Å². The summed E-state index contributed by atoms with van der Waals surface area (Å²) in [4.78, 5) is 29.4. The summed E-state index contributed by atoms with van der Waals surface area (Å²) in [6.07, 6.45) is 1.31. The third-order valence-electron chi connectivity index (χ3n) is 4.62. The normalized spacial score (nSPS) is 12.2. The molecule has 0 aliphatic carbocycles. The zero-order chi connectivity index (χ0) is 23.3. The highest BCUT2D eigenvalue weighted by Crippen LogP contribution is 2.28. The number of methoxy groups -OCH3 is 1. The van der Waals surface area contributed by atoms with Crippen LogP contribution >= 0.6 is 15.9 Å². The molecule has 0 amide bonds. The number of benzene rings is 2. The van der Waals surface area contributed by atoms with Gasteiger partial charge in [-0.05, 0) is 55.8 Å². The van der Waals surface area contributed by atoms with E-state index in [9.17, 15) is 9.59 Å². The summed E-state index contributed by atoms with van der Waals surface area (Å²) < 4.78 is 18.1. The Hall–Kier alpha value is -3.20. The van der Waals surface area contributed by atoms with Gasteiger partial charge in [0.2, 0.25) is 0 Å². The molecule has 32 heavy (non-hydrogen) atoms. The molecule has 0 saturated heterocycles. The molecule has 168 valence electrons. The number of halogens is 1. The first-order valence-corrected chi connectivity index (χ1v) is 10.9. The van der Waals surface area contributed by atoms with Crippen molar-refractivity contribution in [3.63, 3.8) is 0 Å².